The van der Waals surface area contributed by atoms with Gasteiger partial charge in [0.1, 0.15) is 0 Å². The number of para-hydroxylation sites is 3. The summed E-state index contributed by atoms with van der Waals surface area (Å²) in [7, 11) is 0. The van der Waals surface area contributed by atoms with Gasteiger partial charge in [-0.2, -0.15) is 0 Å². The normalized spacial score (nSPS) is 13.5. The maximum absolute atomic E-state index is 2.54. The Labute approximate surface area is 465 Å². The van der Waals surface area contributed by atoms with Crippen molar-refractivity contribution in [3.63, 3.8) is 0 Å². The van der Waals surface area contributed by atoms with Crippen molar-refractivity contribution in [3.05, 3.63) is 290 Å². The molecule has 376 valence electrons. The Kier molecular flexibility index (Phi) is 11.2. The summed E-state index contributed by atoms with van der Waals surface area (Å²) in [5, 5.41) is 5.03. The molecule has 3 nitrogen and oxygen atoms in total. The highest BCUT2D eigenvalue weighted by Gasteiger charge is 2.38. The summed E-state index contributed by atoms with van der Waals surface area (Å²) in [6.07, 6.45) is 8.88. The van der Waals surface area contributed by atoms with Crippen LogP contribution in [0.5, 0.6) is 0 Å². The SMILES string of the molecule is CC1(C)c2ccccc2-c2c(N(c3ccc(-c4ccccc4)cc3)c3cc(-c4cc5c6cc(C7=CC=CCC7)ccc6n(-c6ccccc6)c5c5c4sc4ccccc45)cc(N(c4ccccc4)c4ccccc4)c3)cccc21. The summed E-state index contributed by atoms with van der Waals surface area (Å²) in [5.74, 6) is 0. The molecular formula is C75H55N3S. The van der Waals surface area contributed by atoms with Crippen LogP contribution >= 0.6 is 11.3 Å². The molecule has 0 radical (unpaired) electrons. The number of benzene rings is 11. The summed E-state index contributed by atoms with van der Waals surface area (Å²) >= 11 is 1.90. The van der Waals surface area contributed by atoms with Gasteiger partial charge < -0.3 is 14.4 Å². The molecule has 4 heteroatoms. The van der Waals surface area contributed by atoms with Gasteiger partial charge in [0.15, 0.2) is 0 Å². The lowest BCUT2D eigenvalue weighted by molar-refractivity contribution is 0.660. The lowest BCUT2D eigenvalue weighted by atomic mass is 9.82. The average Bonchev–Trinajstić information content (AvgIpc) is 4.36. The van der Waals surface area contributed by atoms with E-state index in [9.17, 15) is 0 Å². The monoisotopic (exact) mass is 1030 g/mol. The molecule has 0 amide bonds. The van der Waals surface area contributed by atoms with Crippen molar-refractivity contribution in [1.29, 1.82) is 0 Å². The van der Waals surface area contributed by atoms with E-state index in [0.717, 1.165) is 58.2 Å². The number of aromatic nitrogens is 1. The van der Waals surface area contributed by atoms with E-state index < -0.39 is 0 Å². The van der Waals surface area contributed by atoms with E-state index in [1.54, 1.807) is 0 Å². The zero-order chi connectivity index (χ0) is 52.6. The second kappa shape index (κ2) is 18.9. The highest BCUT2D eigenvalue weighted by atomic mass is 32.1. The van der Waals surface area contributed by atoms with Crippen LogP contribution in [-0.4, -0.2) is 4.57 Å². The predicted octanol–water partition coefficient (Wildman–Crippen LogP) is 21.5. The number of hydrogen-bond acceptors (Lipinski definition) is 3. The first-order chi connectivity index (χ1) is 39.0. The topological polar surface area (TPSA) is 11.4 Å². The standard InChI is InChI=1S/C75H55N3S/c1-75(2)66-35-20-18-33-61(66)71-67(75)36-22-37-69(71)77(58-42-39-52(40-43-58)50-23-8-3-9-24-50)60-46-54(45-59(48-60)76(55-27-12-5-13-28-55)56-29-14-6-15-30-56)63-49-65-64-47-53(51-25-10-4-11-26-51)41-44-68(64)78(57-31-16-7-17-32-57)73(65)72-62-34-19-21-38-70(62)79-74(63)72/h3-10,12-25,27-49H,11,26H2,1-2H3. The van der Waals surface area contributed by atoms with Crippen LogP contribution in [0.2, 0.25) is 0 Å². The van der Waals surface area contributed by atoms with E-state index in [-0.39, 0.29) is 5.41 Å². The Bertz CT molecular complexity index is 4510. The number of anilines is 6. The molecule has 0 N–H and O–H groups in total. The average molecular weight is 1030 g/mol. The zero-order valence-electron chi connectivity index (χ0n) is 44.1. The number of thiophene rings is 1. The third-order valence-corrected chi connectivity index (χ3v) is 17.8. The Morgan fingerprint density at radius 2 is 1.06 bits per heavy atom. The molecule has 2 aliphatic carbocycles. The Morgan fingerprint density at radius 3 is 1.80 bits per heavy atom. The van der Waals surface area contributed by atoms with Crippen molar-refractivity contribution in [2.24, 2.45) is 0 Å². The summed E-state index contributed by atoms with van der Waals surface area (Å²) in [4.78, 5) is 4.96. The van der Waals surface area contributed by atoms with Crippen LogP contribution in [0, 0.1) is 0 Å². The van der Waals surface area contributed by atoms with Gasteiger partial charge in [0, 0.05) is 81.6 Å². The first kappa shape index (κ1) is 46.8. The minimum Gasteiger partial charge on any atom is -0.310 e. The van der Waals surface area contributed by atoms with E-state index in [1.807, 2.05) is 11.3 Å². The van der Waals surface area contributed by atoms with Crippen molar-refractivity contribution >= 4 is 93.0 Å². The molecule has 0 bridgehead atoms. The Balaban J connectivity index is 1.07. The highest BCUT2D eigenvalue weighted by molar-refractivity contribution is 7.26. The first-order valence-corrected chi connectivity index (χ1v) is 28.4. The molecule has 0 saturated carbocycles. The largest absolute Gasteiger partial charge is 0.310 e. The number of allylic oxidation sites excluding steroid dienone is 4. The summed E-state index contributed by atoms with van der Waals surface area (Å²) in [6.45, 7) is 4.76. The van der Waals surface area contributed by atoms with E-state index in [2.05, 4.69) is 301 Å². The van der Waals surface area contributed by atoms with E-state index in [0.29, 0.717) is 0 Å². The molecule has 79 heavy (non-hydrogen) atoms. The number of fused-ring (bicyclic) bond motifs is 10. The highest BCUT2D eigenvalue weighted by Crippen LogP contribution is 2.56. The van der Waals surface area contributed by atoms with E-state index >= 15 is 0 Å². The molecule has 0 fully saturated rings. The molecule has 0 saturated heterocycles. The van der Waals surface area contributed by atoms with E-state index in [4.69, 9.17) is 0 Å². The van der Waals surface area contributed by atoms with Crippen molar-refractivity contribution in [3.8, 4) is 39.1 Å². The minimum atomic E-state index is -0.194. The Hall–Kier alpha value is -9.48. The third-order valence-electron chi connectivity index (χ3n) is 16.6. The van der Waals surface area contributed by atoms with Crippen LogP contribution in [0.1, 0.15) is 43.4 Å². The maximum Gasteiger partial charge on any atom is 0.0634 e. The summed E-state index contributed by atoms with van der Waals surface area (Å²) in [5.41, 5.74) is 22.5. The van der Waals surface area contributed by atoms with Crippen molar-refractivity contribution in [2.75, 3.05) is 9.80 Å². The number of hydrogen-bond donors (Lipinski definition) is 0. The molecule has 2 heterocycles. The van der Waals surface area contributed by atoms with Gasteiger partial charge in [0.05, 0.1) is 16.7 Å². The third kappa shape index (κ3) is 7.77. The Morgan fingerprint density at radius 1 is 0.443 bits per heavy atom. The van der Waals surface area contributed by atoms with Crippen molar-refractivity contribution in [2.45, 2.75) is 32.1 Å². The molecule has 13 aromatic rings. The van der Waals surface area contributed by atoms with Gasteiger partial charge in [-0.05, 0) is 154 Å². The molecular weight excluding hydrogens is 975 g/mol. The molecule has 11 aromatic carbocycles. The molecule has 0 spiro atoms. The zero-order valence-corrected chi connectivity index (χ0v) is 45.0. The van der Waals surface area contributed by atoms with Crippen LogP contribution in [0.15, 0.2) is 273 Å². The predicted molar refractivity (Wildman–Crippen MR) is 338 cm³/mol. The van der Waals surface area contributed by atoms with Crippen molar-refractivity contribution in [1.82, 2.24) is 4.57 Å². The van der Waals surface area contributed by atoms with Gasteiger partial charge in [0.2, 0.25) is 0 Å². The molecule has 0 unspecified atom stereocenters. The fourth-order valence-electron chi connectivity index (χ4n) is 12.9. The second-order valence-corrected chi connectivity index (χ2v) is 22.6. The maximum atomic E-state index is 2.54. The first-order valence-electron chi connectivity index (χ1n) is 27.5. The van der Waals surface area contributed by atoms with Gasteiger partial charge >= 0.3 is 0 Å². The summed E-state index contributed by atoms with van der Waals surface area (Å²) < 4.78 is 5.06. The van der Waals surface area contributed by atoms with Crippen molar-refractivity contribution < 1.29 is 0 Å². The van der Waals surface area contributed by atoms with Crippen LogP contribution in [0.4, 0.5) is 34.1 Å². The number of nitrogens with zero attached hydrogens (tertiary/aromatic N) is 3. The van der Waals surface area contributed by atoms with Crippen LogP contribution in [-0.2, 0) is 5.41 Å². The van der Waals surface area contributed by atoms with Gasteiger partial charge in [-0.3, -0.25) is 0 Å². The molecule has 15 rings (SSSR count). The fourth-order valence-corrected chi connectivity index (χ4v) is 14.1. The van der Waals surface area contributed by atoms with Gasteiger partial charge in [-0.15, -0.1) is 11.3 Å². The minimum absolute atomic E-state index is 0.194. The lowest BCUT2D eigenvalue weighted by Crippen LogP contribution is -2.16. The van der Waals surface area contributed by atoms with Gasteiger partial charge in [0.25, 0.3) is 0 Å². The molecule has 0 atom stereocenters. The van der Waals surface area contributed by atoms with E-state index in [1.165, 1.54) is 92.1 Å². The second-order valence-electron chi connectivity index (χ2n) is 21.5. The quantitative estimate of drug-likeness (QED) is 0.135. The summed E-state index contributed by atoms with van der Waals surface area (Å²) in [6, 6.07) is 94.7. The molecule has 2 aromatic heterocycles. The molecule has 0 aliphatic heterocycles. The van der Waals surface area contributed by atoms with Crippen LogP contribution in [0.3, 0.4) is 0 Å². The van der Waals surface area contributed by atoms with Gasteiger partial charge in [-0.25, -0.2) is 0 Å². The lowest BCUT2D eigenvalue weighted by Gasteiger charge is -2.32. The number of rotatable bonds is 10. The fraction of sp³-hybridized carbons (Fsp3) is 0.0667. The van der Waals surface area contributed by atoms with Gasteiger partial charge in [-0.1, -0.05) is 190 Å². The van der Waals surface area contributed by atoms with Crippen LogP contribution in [0.25, 0.3) is 86.6 Å². The van der Waals surface area contributed by atoms with Crippen LogP contribution < -0.4 is 9.80 Å². The molecule has 2 aliphatic rings. The smallest absolute Gasteiger partial charge is 0.0634 e.